The predicted octanol–water partition coefficient (Wildman–Crippen LogP) is 1.81. The molecule has 2 rings (SSSR count). The number of rotatable bonds is 4. The van der Waals surface area contributed by atoms with E-state index in [-0.39, 0.29) is 11.4 Å². The molecule has 3 N–H and O–H groups in total. The monoisotopic (exact) mass is 345 g/mol. The Balaban J connectivity index is 2.29. The van der Waals surface area contributed by atoms with Crippen molar-refractivity contribution in [2.45, 2.75) is 18.4 Å². The fourth-order valence-electron chi connectivity index (χ4n) is 1.53. The van der Waals surface area contributed by atoms with E-state index < -0.39 is 10.0 Å². The minimum atomic E-state index is -3.66. The van der Waals surface area contributed by atoms with Gasteiger partial charge < -0.3 is 10.3 Å². The molecule has 0 unspecified atom stereocenters. The maximum absolute atomic E-state index is 12.2. The van der Waals surface area contributed by atoms with Crippen molar-refractivity contribution >= 4 is 31.6 Å². The van der Waals surface area contributed by atoms with Crippen LogP contribution in [0.4, 0.5) is 5.69 Å². The van der Waals surface area contributed by atoms with Gasteiger partial charge in [0.25, 0.3) is 0 Å². The molecule has 0 fully saturated rings. The van der Waals surface area contributed by atoms with Crippen LogP contribution in [-0.4, -0.2) is 13.6 Å². The molecule has 19 heavy (non-hydrogen) atoms. The number of nitrogens with one attached hydrogen (secondary N) is 1. The summed E-state index contributed by atoms with van der Waals surface area (Å²) in [7, 11) is -3.66. The molecule has 8 heteroatoms. The number of sulfonamides is 1. The van der Waals surface area contributed by atoms with Crippen LogP contribution in [0.15, 0.2) is 38.3 Å². The van der Waals surface area contributed by atoms with Gasteiger partial charge in [-0.05, 0) is 24.6 Å². The minimum absolute atomic E-state index is 0.0359. The summed E-state index contributed by atoms with van der Waals surface area (Å²) >= 11 is 3.23. The quantitative estimate of drug-likeness (QED) is 0.823. The number of anilines is 1. The molecular formula is C11H12BrN3O3S. The Bertz CT molecular complexity index is 683. The van der Waals surface area contributed by atoms with E-state index in [1.807, 2.05) is 0 Å². The second kappa shape index (κ2) is 5.32. The summed E-state index contributed by atoms with van der Waals surface area (Å²) in [5.41, 5.74) is 6.68. The highest BCUT2D eigenvalue weighted by molar-refractivity contribution is 9.10. The van der Waals surface area contributed by atoms with Crippen molar-refractivity contribution in [3.63, 3.8) is 0 Å². The highest BCUT2D eigenvalue weighted by Gasteiger charge is 2.19. The van der Waals surface area contributed by atoms with Crippen LogP contribution in [0, 0.1) is 6.92 Å². The topological polar surface area (TPSA) is 98.2 Å². The van der Waals surface area contributed by atoms with Crippen molar-refractivity contribution < 1.29 is 12.9 Å². The zero-order valence-corrected chi connectivity index (χ0v) is 12.5. The molecule has 2 aromatic rings. The Morgan fingerprint density at radius 3 is 2.84 bits per heavy atom. The first-order valence-electron chi connectivity index (χ1n) is 5.35. The number of halogens is 1. The normalized spacial score (nSPS) is 11.7. The molecule has 0 atom stereocenters. The standard InChI is InChI=1S/C11H12BrN3O3S/c1-7-10(13)4-8(12)5-11(7)19(16,17)15-6-9-2-3-14-18-9/h2-5,15H,6,13H2,1H3. The van der Waals surface area contributed by atoms with E-state index >= 15 is 0 Å². The molecule has 0 saturated carbocycles. The van der Waals surface area contributed by atoms with Crippen LogP contribution in [0.2, 0.25) is 0 Å². The summed E-state index contributed by atoms with van der Waals surface area (Å²) in [5.74, 6) is 0.434. The van der Waals surface area contributed by atoms with Crippen LogP contribution >= 0.6 is 15.9 Å². The number of hydrogen-bond donors (Lipinski definition) is 2. The van der Waals surface area contributed by atoms with Gasteiger partial charge in [-0.2, -0.15) is 0 Å². The molecule has 0 aliphatic carbocycles. The molecule has 0 amide bonds. The van der Waals surface area contributed by atoms with Gasteiger partial charge in [0.2, 0.25) is 10.0 Å². The fraction of sp³-hybridized carbons (Fsp3) is 0.182. The van der Waals surface area contributed by atoms with Crippen molar-refractivity contribution in [3.8, 4) is 0 Å². The molecule has 0 aliphatic heterocycles. The summed E-state index contributed by atoms with van der Waals surface area (Å²) in [6.07, 6.45) is 1.45. The summed E-state index contributed by atoms with van der Waals surface area (Å²) in [6.45, 7) is 1.69. The number of nitrogen functional groups attached to an aromatic ring is 1. The van der Waals surface area contributed by atoms with Crippen molar-refractivity contribution in [2.24, 2.45) is 0 Å². The Kier molecular flexibility index (Phi) is 3.93. The lowest BCUT2D eigenvalue weighted by atomic mass is 10.2. The number of nitrogens with zero attached hydrogens (tertiary/aromatic N) is 1. The smallest absolute Gasteiger partial charge is 0.241 e. The van der Waals surface area contributed by atoms with Crippen LogP contribution in [0.3, 0.4) is 0 Å². The Labute approximate surface area is 119 Å². The van der Waals surface area contributed by atoms with Crippen molar-refractivity contribution in [3.05, 3.63) is 40.2 Å². The Hall–Kier alpha value is -1.38. The largest absolute Gasteiger partial charge is 0.398 e. The molecule has 1 heterocycles. The molecule has 1 aromatic carbocycles. The molecule has 0 spiro atoms. The molecule has 0 bridgehead atoms. The van der Waals surface area contributed by atoms with Gasteiger partial charge in [0.15, 0.2) is 5.76 Å². The van der Waals surface area contributed by atoms with Gasteiger partial charge in [-0.3, -0.25) is 0 Å². The van der Waals surface area contributed by atoms with Gasteiger partial charge >= 0.3 is 0 Å². The first-order valence-corrected chi connectivity index (χ1v) is 7.62. The number of aromatic nitrogens is 1. The predicted molar refractivity (Wildman–Crippen MR) is 73.8 cm³/mol. The molecular weight excluding hydrogens is 334 g/mol. The molecule has 102 valence electrons. The zero-order chi connectivity index (χ0) is 14.0. The SMILES string of the molecule is Cc1c(N)cc(Br)cc1S(=O)(=O)NCc1ccno1. The van der Waals surface area contributed by atoms with Crippen LogP contribution in [-0.2, 0) is 16.6 Å². The lowest BCUT2D eigenvalue weighted by Crippen LogP contribution is -2.24. The minimum Gasteiger partial charge on any atom is -0.398 e. The highest BCUT2D eigenvalue weighted by atomic mass is 79.9. The molecule has 0 aliphatic rings. The third kappa shape index (κ3) is 3.14. The second-order valence-corrected chi connectivity index (χ2v) is 6.57. The lowest BCUT2D eigenvalue weighted by molar-refractivity contribution is 0.380. The van der Waals surface area contributed by atoms with Crippen LogP contribution < -0.4 is 10.5 Å². The highest BCUT2D eigenvalue weighted by Crippen LogP contribution is 2.26. The Morgan fingerprint density at radius 1 is 1.47 bits per heavy atom. The molecule has 1 aromatic heterocycles. The first kappa shape index (κ1) is 14.0. The van der Waals surface area contributed by atoms with Gasteiger partial charge in [0, 0.05) is 16.2 Å². The summed E-state index contributed by atoms with van der Waals surface area (Å²) < 4.78 is 32.3. The second-order valence-electron chi connectivity index (χ2n) is 3.92. The maximum Gasteiger partial charge on any atom is 0.241 e. The maximum atomic E-state index is 12.2. The number of nitrogens with two attached hydrogens (primary N) is 1. The van der Waals surface area contributed by atoms with E-state index in [1.165, 1.54) is 12.3 Å². The van der Waals surface area contributed by atoms with E-state index in [2.05, 4.69) is 25.8 Å². The van der Waals surface area contributed by atoms with Crippen LogP contribution in [0.1, 0.15) is 11.3 Å². The van der Waals surface area contributed by atoms with Gasteiger partial charge in [-0.1, -0.05) is 21.1 Å². The first-order chi connectivity index (χ1) is 8.90. The van der Waals surface area contributed by atoms with Crippen LogP contribution in [0.5, 0.6) is 0 Å². The van der Waals surface area contributed by atoms with E-state index in [1.54, 1.807) is 19.1 Å². The van der Waals surface area contributed by atoms with E-state index in [4.69, 9.17) is 10.3 Å². The van der Waals surface area contributed by atoms with Crippen molar-refractivity contribution in [1.29, 1.82) is 0 Å². The van der Waals surface area contributed by atoms with Gasteiger partial charge in [0.1, 0.15) is 0 Å². The van der Waals surface area contributed by atoms with Gasteiger partial charge in [-0.15, -0.1) is 0 Å². The van der Waals surface area contributed by atoms with Crippen LogP contribution in [0.25, 0.3) is 0 Å². The summed E-state index contributed by atoms with van der Waals surface area (Å²) in [5, 5.41) is 3.50. The third-order valence-electron chi connectivity index (χ3n) is 2.58. The van der Waals surface area contributed by atoms with Gasteiger partial charge in [-0.25, -0.2) is 13.1 Å². The Morgan fingerprint density at radius 2 is 2.21 bits per heavy atom. The summed E-state index contributed by atoms with van der Waals surface area (Å²) in [6, 6.07) is 4.75. The van der Waals surface area contributed by atoms with E-state index in [0.717, 1.165) is 0 Å². The van der Waals surface area contributed by atoms with E-state index in [9.17, 15) is 8.42 Å². The third-order valence-corrected chi connectivity index (χ3v) is 4.57. The molecule has 0 radical (unpaired) electrons. The number of benzene rings is 1. The lowest BCUT2D eigenvalue weighted by Gasteiger charge is -2.10. The van der Waals surface area contributed by atoms with Gasteiger partial charge in [0.05, 0.1) is 17.6 Å². The van der Waals surface area contributed by atoms with Crippen molar-refractivity contribution in [1.82, 2.24) is 9.88 Å². The number of hydrogen-bond acceptors (Lipinski definition) is 5. The van der Waals surface area contributed by atoms with Crippen molar-refractivity contribution in [2.75, 3.05) is 5.73 Å². The zero-order valence-electron chi connectivity index (χ0n) is 10.1. The molecule has 6 nitrogen and oxygen atoms in total. The fourth-order valence-corrected chi connectivity index (χ4v) is 3.45. The van der Waals surface area contributed by atoms with E-state index in [0.29, 0.717) is 21.5 Å². The average Bonchev–Trinajstić information content (AvgIpc) is 2.84. The summed E-state index contributed by atoms with van der Waals surface area (Å²) in [4.78, 5) is 0.138. The molecule has 0 saturated heterocycles. The average molecular weight is 346 g/mol.